The minimum Gasteiger partial charge on any atom is -0.493 e. The number of Topliss-reactive ketones (excluding diaryl/α,β-unsaturated/α-hetero) is 1. The number of nitrogens with zero attached hydrogens (tertiary/aromatic N) is 1. The monoisotopic (exact) mass is 478 g/mol. The number of non-ortho nitro benzene ring substituents is 1. The number of hydrogen-bond acceptors (Lipinski definition) is 8. The summed E-state index contributed by atoms with van der Waals surface area (Å²) in [4.78, 5) is 47.8. The van der Waals surface area contributed by atoms with Gasteiger partial charge in [0.2, 0.25) is 0 Å². The molecule has 0 aliphatic rings. The van der Waals surface area contributed by atoms with E-state index in [4.69, 9.17) is 25.8 Å². The Morgan fingerprint density at radius 1 is 1.06 bits per heavy atom. The van der Waals surface area contributed by atoms with E-state index in [-0.39, 0.29) is 27.8 Å². The molecule has 0 aliphatic heterocycles. The Balaban J connectivity index is 2.07. The summed E-state index contributed by atoms with van der Waals surface area (Å²) in [6, 6.07) is 6.81. The van der Waals surface area contributed by atoms with Gasteiger partial charge in [0.15, 0.2) is 23.9 Å². The lowest BCUT2D eigenvalue weighted by Crippen LogP contribution is -2.45. The Hall–Kier alpha value is -3.66. The van der Waals surface area contributed by atoms with E-state index in [2.05, 4.69) is 5.32 Å². The number of ether oxygens (including phenoxy) is 3. The van der Waals surface area contributed by atoms with Crippen LogP contribution in [0.2, 0.25) is 5.02 Å². The molecule has 0 saturated carbocycles. The number of nitrogens with one attached hydrogen (secondary N) is 1. The number of halogens is 1. The van der Waals surface area contributed by atoms with Gasteiger partial charge < -0.3 is 19.5 Å². The molecule has 10 nitrogen and oxygen atoms in total. The fraction of sp³-hybridized carbons (Fsp3) is 0.318. The second-order valence-electron chi connectivity index (χ2n) is 7.22. The third-order valence-corrected chi connectivity index (χ3v) is 4.98. The van der Waals surface area contributed by atoms with Crippen molar-refractivity contribution in [3.63, 3.8) is 0 Å². The molecule has 0 spiro atoms. The summed E-state index contributed by atoms with van der Waals surface area (Å²) in [5.41, 5.74) is -0.0598. The minimum atomic E-state index is -1.08. The number of nitro benzene ring substituents is 1. The van der Waals surface area contributed by atoms with Crippen molar-refractivity contribution in [1.29, 1.82) is 0 Å². The van der Waals surface area contributed by atoms with E-state index >= 15 is 0 Å². The quantitative estimate of drug-likeness (QED) is 0.237. The highest BCUT2D eigenvalue weighted by Crippen LogP contribution is 2.28. The maximum absolute atomic E-state index is 12.6. The normalized spacial score (nSPS) is 11.5. The molecular formula is C22H23ClN2O8. The van der Waals surface area contributed by atoms with Crippen molar-refractivity contribution in [2.24, 2.45) is 5.92 Å². The van der Waals surface area contributed by atoms with Crippen LogP contribution in [0.4, 0.5) is 5.69 Å². The Morgan fingerprint density at radius 3 is 2.27 bits per heavy atom. The van der Waals surface area contributed by atoms with Gasteiger partial charge in [-0.15, -0.1) is 0 Å². The van der Waals surface area contributed by atoms with Gasteiger partial charge in [0, 0.05) is 17.7 Å². The highest BCUT2D eigenvalue weighted by atomic mass is 35.5. The van der Waals surface area contributed by atoms with Crippen molar-refractivity contribution in [3.05, 3.63) is 62.7 Å². The number of rotatable bonds is 10. The minimum absolute atomic E-state index is 0.0397. The Bertz CT molecular complexity index is 1070. The van der Waals surface area contributed by atoms with Crippen LogP contribution in [-0.4, -0.2) is 49.5 Å². The van der Waals surface area contributed by atoms with Crippen LogP contribution < -0.4 is 14.8 Å². The molecule has 1 amide bonds. The van der Waals surface area contributed by atoms with Crippen molar-refractivity contribution >= 4 is 34.9 Å². The molecule has 1 N–H and O–H groups in total. The topological polar surface area (TPSA) is 134 Å². The molecule has 0 radical (unpaired) electrons. The van der Waals surface area contributed by atoms with Gasteiger partial charge in [-0.1, -0.05) is 25.4 Å². The van der Waals surface area contributed by atoms with Crippen LogP contribution >= 0.6 is 11.6 Å². The molecule has 2 rings (SSSR count). The predicted octanol–water partition coefficient (Wildman–Crippen LogP) is 3.45. The third-order valence-electron chi connectivity index (χ3n) is 4.67. The molecule has 2 aromatic rings. The molecular weight excluding hydrogens is 456 g/mol. The number of nitro groups is 1. The molecule has 33 heavy (non-hydrogen) atoms. The summed E-state index contributed by atoms with van der Waals surface area (Å²) in [6.07, 6.45) is 0. The fourth-order valence-corrected chi connectivity index (χ4v) is 3.10. The highest BCUT2D eigenvalue weighted by molar-refractivity contribution is 6.34. The lowest BCUT2D eigenvalue weighted by Gasteiger charge is -2.21. The molecule has 0 unspecified atom stereocenters. The SMILES string of the molecule is COc1ccc(C(=O)COC(=O)[C@H](NC(=O)c2ccc([N+](=O)[O-])cc2Cl)C(C)C)cc1OC. The molecule has 0 aliphatic carbocycles. The number of methoxy groups -OCH3 is 2. The summed E-state index contributed by atoms with van der Waals surface area (Å²) in [6.45, 7) is 2.81. The average Bonchev–Trinajstić information content (AvgIpc) is 2.79. The first-order valence-electron chi connectivity index (χ1n) is 9.75. The highest BCUT2D eigenvalue weighted by Gasteiger charge is 2.28. The standard InChI is InChI=1S/C22H23ClN2O8/c1-12(2)20(24-21(27)15-7-6-14(25(29)30)10-16(15)23)22(28)33-11-17(26)13-5-8-18(31-3)19(9-13)32-4/h5-10,12,20H,11H2,1-4H3,(H,24,27)/t20-/m1/s1. The first-order valence-corrected chi connectivity index (χ1v) is 10.1. The molecule has 0 saturated heterocycles. The molecule has 1 atom stereocenters. The first kappa shape index (κ1) is 25.6. The van der Waals surface area contributed by atoms with E-state index in [0.717, 1.165) is 12.1 Å². The van der Waals surface area contributed by atoms with Crippen molar-refractivity contribution in [1.82, 2.24) is 5.32 Å². The molecule has 2 aromatic carbocycles. The zero-order valence-electron chi connectivity index (χ0n) is 18.4. The number of esters is 1. The van der Waals surface area contributed by atoms with Gasteiger partial charge in [-0.25, -0.2) is 4.79 Å². The van der Waals surface area contributed by atoms with E-state index in [1.54, 1.807) is 19.9 Å². The number of hydrogen-bond donors (Lipinski definition) is 1. The number of carbonyl (C=O) groups excluding carboxylic acids is 3. The van der Waals surface area contributed by atoms with E-state index < -0.39 is 35.2 Å². The van der Waals surface area contributed by atoms with Crippen LogP contribution in [0.1, 0.15) is 34.6 Å². The van der Waals surface area contributed by atoms with Gasteiger partial charge >= 0.3 is 5.97 Å². The average molecular weight is 479 g/mol. The molecule has 0 aromatic heterocycles. The van der Waals surface area contributed by atoms with Gasteiger partial charge in [0.1, 0.15) is 6.04 Å². The number of ketones is 1. The third kappa shape index (κ3) is 6.42. The number of amides is 1. The van der Waals surface area contributed by atoms with E-state index in [9.17, 15) is 24.5 Å². The van der Waals surface area contributed by atoms with Crippen LogP contribution in [0.25, 0.3) is 0 Å². The second-order valence-corrected chi connectivity index (χ2v) is 7.62. The van der Waals surface area contributed by atoms with Crippen LogP contribution in [0.5, 0.6) is 11.5 Å². The van der Waals surface area contributed by atoms with Crippen LogP contribution in [-0.2, 0) is 9.53 Å². The van der Waals surface area contributed by atoms with Gasteiger partial charge in [-0.2, -0.15) is 0 Å². The van der Waals surface area contributed by atoms with Gasteiger partial charge in [-0.05, 0) is 30.2 Å². The lowest BCUT2D eigenvalue weighted by atomic mass is 10.0. The predicted molar refractivity (Wildman–Crippen MR) is 119 cm³/mol. The largest absolute Gasteiger partial charge is 0.493 e. The van der Waals surface area contributed by atoms with Crippen LogP contribution in [0.3, 0.4) is 0 Å². The van der Waals surface area contributed by atoms with Gasteiger partial charge in [-0.3, -0.25) is 19.7 Å². The Kier molecular flexibility index (Phi) is 8.75. The van der Waals surface area contributed by atoms with Gasteiger partial charge in [0.25, 0.3) is 11.6 Å². The zero-order chi connectivity index (χ0) is 24.7. The van der Waals surface area contributed by atoms with E-state index in [0.29, 0.717) is 11.5 Å². The van der Waals surface area contributed by atoms with E-state index in [1.807, 2.05) is 0 Å². The first-order chi connectivity index (χ1) is 15.6. The molecule has 11 heteroatoms. The Labute approximate surface area is 194 Å². The second kappa shape index (κ2) is 11.3. The van der Waals surface area contributed by atoms with Crippen LogP contribution in [0, 0.1) is 16.0 Å². The summed E-state index contributed by atoms with van der Waals surface area (Å²) in [5.74, 6) is -1.59. The van der Waals surface area contributed by atoms with Crippen molar-refractivity contribution in [2.45, 2.75) is 19.9 Å². The Morgan fingerprint density at radius 2 is 1.73 bits per heavy atom. The summed E-state index contributed by atoms with van der Waals surface area (Å²) in [7, 11) is 2.89. The van der Waals surface area contributed by atoms with Gasteiger partial charge in [0.05, 0.1) is 29.7 Å². The molecule has 0 fully saturated rings. The maximum Gasteiger partial charge on any atom is 0.329 e. The summed E-state index contributed by atoms with van der Waals surface area (Å²) in [5, 5.41) is 13.2. The molecule has 176 valence electrons. The van der Waals surface area contributed by atoms with Crippen molar-refractivity contribution in [3.8, 4) is 11.5 Å². The maximum atomic E-state index is 12.6. The fourth-order valence-electron chi connectivity index (χ4n) is 2.84. The van der Waals surface area contributed by atoms with Crippen molar-refractivity contribution in [2.75, 3.05) is 20.8 Å². The number of carbonyl (C=O) groups is 3. The number of benzene rings is 2. The van der Waals surface area contributed by atoms with Crippen LogP contribution in [0.15, 0.2) is 36.4 Å². The summed E-state index contributed by atoms with van der Waals surface area (Å²) < 4.78 is 15.4. The van der Waals surface area contributed by atoms with Crippen molar-refractivity contribution < 1.29 is 33.5 Å². The van der Waals surface area contributed by atoms with E-state index in [1.165, 1.54) is 32.4 Å². The lowest BCUT2D eigenvalue weighted by molar-refractivity contribution is -0.384. The summed E-state index contributed by atoms with van der Waals surface area (Å²) >= 11 is 5.98. The smallest absolute Gasteiger partial charge is 0.329 e. The zero-order valence-corrected chi connectivity index (χ0v) is 19.2. The molecule has 0 bridgehead atoms. The molecule has 0 heterocycles.